The van der Waals surface area contributed by atoms with Crippen LogP contribution in [0.15, 0.2) is 0 Å². The lowest BCUT2D eigenvalue weighted by Gasteiger charge is -2.19. The van der Waals surface area contributed by atoms with Crippen molar-refractivity contribution in [1.82, 2.24) is 4.90 Å². The van der Waals surface area contributed by atoms with E-state index < -0.39 is 11.9 Å². The van der Waals surface area contributed by atoms with Gasteiger partial charge in [0.15, 0.2) is 0 Å². The zero-order valence-corrected chi connectivity index (χ0v) is 9.56. The second kappa shape index (κ2) is 8.68. The van der Waals surface area contributed by atoms with Crippen LogP contribution in [0, 0.1) is 11.3 Å². The van der Waals surface area contributed by atoms with E-state index in [2.05, 4.69) is 0 Å². The maximum Gasteiger partial charge on any atom is 0.325 e. The Kier molecular flexibility index (Phi) is 7.81. The van der Waals surface area contributed by atoms with Crippen LogP contribution in [0.2, 0.25) is 0 Å². The van der Waals surface area contributed by atoms with Gasteiger partial charge in [-0.1, -0.05) is 0 Å². The van der Waals surface area contributed by atoms with Crippen LogP contribution >= 0.6 is 0 Å². The Balaban J connectivity index is 4.25. The van der Waals surface area contributed by atoms with Gasteiger partial charge in [0, 0.05) is 13.7 Å². The summed E-state index contributed by atoms with van der Waals surface area (Å²) in [5.41, 5.74) is 0. The van der Waals surface area contributed by atoms with Crippen LogP contribution < -0.4 is 0 Å². The first-order valence-electron chi connectivity index (χ1n) is 4.95. The largest absolute Gasteiger partial charge is 0.465 e. The third-order valence-corrected chi connectivity index (χ3v) is 1.77. The number of nitrogens with zero attached hydrogens (tertiary/aromatic N) is 2. The van der Waals surface area contributed by atoms with E-state index >= 15 is 0 Å². The summed E-state index contributed by atoms with van der Waals surface area (Å²) in [6.45, 7) is 2.40. The van der Waals surface area contributed by atoms with Crippen molar-refractivity contribution in [2.75, 3.05) is 33.4 Å². The maximum atomic E-state index is 11.4. The first-order chi connectivity index (χ1) is 7.65. The number of methoxy groups -OCH3 is 1. The van der Waals surface area contributed by atoms with Crippen molar-refractivity contribution in [3.63, 3.8) is 0 Å². The lowest BCUT2D eigenvalue weighted by molar-refractivity contribution is -0.149. The van der Waals surface area contributed by atoms with Gasteiger partial charge in [0.2, 0.25) is 5.91 Å². The highest BCUT2D eigenvalue weighted by atomic mass is 16.5. The fraction of sp³-hybridized carbons (Fsp3) is 0.700. The van der Waals surface area contributed by atoms with Crippen LogP contribution in [0.3, 0.4) is 0 Å². The zero-order chi connectivity index (χ0) is 12.4. The second-order valence-corrected chi connectivity index (χ2v) is 2.95. The minimum Gasteiger partial charge on any atom is -0.465 e. The molecule has 0 radical (unpaired) electrons. The molecule has 0 aromatic carbocycles. The van der Waals surface area contributed by atoms with Crippen LogP contribution in [-0.4, -0.2) is 50.2 Å². The van der Waals surface area contributed by atoms with Gasteiger partial charge in [-0.05, 0) is 6.92 Å². The normalized spacial score (nSPS) is 9.31. The van der Waals surface area contributed by atoms with Gasteiger partial charge < -0.3 is 14.4 Å². The van der Waals surface area contributed by atoms with E-state index in [1.807, 2.05) is 0 Å². The lowest BCUT2D eigenvalue weighted by atomic mass is 10.3. The molecule has 0 atom stereocenters. The minimum atomic E-state index is -0.482. The third kappa shape index (κ3) is 5.98. The van der Waals surface area contributed by atoms with Crippen LogP contribution in [0.25, 0.3) is 0 Å². The molecule has 0 saturated carbocycles. The average molecular weight is 228 g/mol. The van der Waals surface area contributed by atoms with Crippen molar-refractivity contribution in [2.24, 2.45) is 0 Å². The molecule has 0 aromatic heterocycles. The van der Waals surface area contributed by atoms with Crippen molar-refractivity contribution in [3.05, 3.63) is 0 Å². The highest BCUT2D eigenvalue weighted by Gasteiger charge is 2.16. The van der Waals surface area contributed by atoms with Gasteiger partial charge in [0.1, 0.15) is 13.0 Å². The number of carbonyl (C=O) groups is 2. The van der Waals surface area contributed by atoms with Gasteiger partial charge >= 0.3 is 5.97 Å². The van der Waals surface area contributed by atoms with Gasteiger partial charge in [0.25, 0.3) is 0 Å². The molecule has 0 unspecified atom stereocenters. The molecule has 6 heteroatoms. The summed E-state index contributed by atoms with van der Waals surface area (Å²) < 4.78 is 9.54. The Morgan fingerprint density at radius 2 is 2.12 bits per heavy atom. The molecule has 0 aliphatic rings. The molecule has 0 aliphatic carbocycles. The van der Waals surface area contributed by atoms with E-state index in [4.69, 9.17) is 14.7 Å². The molecule has 0 fully saturated rings. The van der Waals surface area contributed by atoms with Gasteiger partial charge in [-0.25, -0.2) is 0 Å². The predicted molar refractivity (Wildman–Crippen MR) is 55.3 cm³/mol. The zero-order valence-electron chi connectivity index (χ0n) is 9.56. The Labute approximate surface area is 94.7 Å². The summed E-state index contributed by atoms with van der Waals surface area (Å²) in [7, 11) is 1.50. The van der Waals surface area contributed by atoms with E-state index in [0.717, 1.165) is 0 Å². The second-order valence-electron chi connectivity index (χ2n) is 2.95. The van der Waals surface area contributed by atoms with E-state index in [1.165, 1.54) is 12.0 Å². The number of carbonyl (C=O) groups excluding carboxylic acids is 2. The molecular formula is C10H16N2O4. The molecule has 0 spiro atoms. The number of esters is 1. The third-order valence-electron chi connectivity index (χ3n) is 1.77. The lowest BCUT2D eigenvalue weighted by Crippen LogP contribution is -2.38. The topological polar surface area (TPSA) is 79.6 Å². The van der Waals surface area contributed by atoms with E-state index in [1.54, 1.807) is 13.0 Å². The number of nitriles is 1. The molecular weight excluding hydrogens is 212 g/mol. The molecule has 0 rings (SSSR count). The quantitative estimate of drug-likeness (QED) is 0.570. The highest BCUT2D eigenvalue weighted by molar-refractivity contribution is 5.83. The smallest absolute Gasteiger partial charge is 0.325 e. The monoisotopic (exact) mass is 228 g/mol. The summed E-state index contributed by atoms with van der Waals surface area (Å²) in [6, 6.07) is 1.75. The van der Waals surface area contributed by atoms with Crippen molar-refractivity contribution < 1.29 is 19.1 Å². The van der Waals surface area contributed by atoms with Gasteiger partial charge in [-0.2, -0.15) is 5.26 Å². The average Bonchev–Trinajstić information content (AvgIpc) is 2.24. The number of hydrogen-bond acceptors (Lipinski definition) is 5. The fourth-order valence-electron chi connectivity index (χ4n) is 1.04. The standard InChI is InChI=1S/C10H16N2O4/c1-3-16-10(14)8-12(6-7-15-2)9(13)4-5-11/h3-4,6-8H2,1-2H3. The first-order valence-corrected chi connectivity index (χ1v) is 4.95. The predicted octanol–water partition coefficient (Wildman–Crippen LogP) is -0.0618. The molecule has 1 amide bonds. The summed E-state index contributed by atoms with van der Waals surface area (Å²) in [4.78, 5) is 23.9. The van der Waals surface area contributed by atoms with Gasteiger partial charge in [-0.3, -0.25) is 9.59 Å². The number of hydrogen-bond donors (Lipinski definition) is 0. The molecule has 0 saturated heterocycles. The highest BCUT2D eigenvalue weighted by Crippen LogP contribution is 1.95. The van der Waals surface area contributed by atoms with Gasteiger partial charge in [-0.15, -0.1) is 0 Å². The Morgan fingerprint density at radius 3 is 2.62 bits per heavy atom. The van der Waals surface area contributed by atoms with Crippen molar-refractivity contribution in [3.8, 4) is 6.07 Å². The maximum absolute atomic E-state index is 11.4. The van der Waals surface area contributed by atoms with Crippen molar-refractivity contribution in [1.29, 1.82) is 5.26 Å². The molecule has 16 heavy (non-hydrogen) atoms. The van der Waals surface area contributed by atoms with E-state index in [-0.39, 0.29) is 26.1 Å². The van der Waals surface area contributed by atoms with Crippen molar-refractivity contribution in [2.45, 2.75) is 13.3 Å². The summed E-state index contributed by atoms with van der Waals surface area (Å²) in [6.07, 6.45) is -0.247. The Morgan fingerprint density at radius 1 is 1.44 bits per heavy atom. The molecule has 6 nitrogen and oxygen atoms in total. The van der Waals surface area contributed by atoms with Gasteiger partial charge in [0.05, 0.1) is 19.3 Å². The number of rotatable bonds is 7. The van der Waals surface area contributed by atoms with E-state index in [0.29, 0.717) is 6.61 Å². The summed E-state index contributed by atoms with van der Waals surface area (Å²) >= 11 is 0. The molecule has 0 aliphatic heterocycles. The fourth-order valence-corrected chi connectivity index (χ4v) is 1.04. The number of ether oxygens (including phenoxy) is 2. The van der Waals surface area contributed by atoms with Crippen LogP contribution in [-0.2, 0) is 19.1 Å². The Hall–Kier alpha value is -1.61. The molecule has 0 aromatic rings. The van der Waals surface area contributed by atoms with Crippen molar-refractivity contribution >= 4 is 11.9 Å². The molecule has 90 valence electrons. The minimum absolute atomic E-state index is 0.141. The number of amides is 1. The molecule has 0 N–H and O–H groups in total. The van der Waals surface area contributed by atoms with Crippen LogP contribution in [0.4, 0.5) is 0 Å². The Bertz CT molecular complexity index is 272. The molecule has 0 bridgehead atoms. The van der Waals surface area contributed by atoms with Crippen LogP contribution in [0.1, 0.15) is 13.3 Å². The van der Waals surface area contributed by atoms with E-state index in [9.17, 15) is 9.59 Å². The SMILES string of the molecule is CCOC(=O)CN(CCOC)C(=O)CC#N. The first kappa shape index (κ1) is 14.4. The summed E-state index contributed by atoms with van der Waals surface area (Å²) in [5, 5.41) is 8.40. The summed E-state index contributed by atoms with van der Waals surface area (Å²) in [5.74, 6) is -0.877. The van der Waals surface area contributed by atoms with Crippen LogP contribution in [0.5, 0.6) is 0 Å². The molecule has 0 heterocycles.